The molecule has 15 heteroatoms. The summed E-state index contributed by atoms with van der Waals surface area (Å²) in [5.41, 5.74) is 5.88. The van der Waals surface area contributed by atoms with E-state index in [0.29, 0.717) is 43.9 Å². The van der Waals surface area contributed by atoms with Crippen LogP contribution < -0.4 is 65.6 Å². The number of fused-ring (bicyclic) bond motifs is 6. The molecule has 0 saturated carbocycles. The number of aromatic nitrogens is 2. The van der Waals surface area contributed by atoms with Gasteiger partial charge >= 0.3 is 0 Å². The van der Waals surface area contributed by atoms with E-state index in [1.807, 2.05) is 22.8 Å². The molecule has 0 atom stereocenters. The van der Waals surface area contributed by atoms with Crippen molar-refractivity contribution in [2.24, 2.45) is 0 Å². The second-order valence-corrected chi connectivity index (χ2v) is 23.3. The van der Waals surface area contributed by atoms with Crippen molar-refractivity contribution in [1.82, 2.24) is 9.13 Å². The van der Waals surface area contributed by atoms with Crippen molar-refractivity contribution >= 4 is 213 Å². The van der Waals surface area contributed by atoms with Crippen molar-refractivity contribution < 1.29 is 0 Å². The van der Waals surface area contributed by atoms with E-state index in [2.05, 4.69) is 91.1 Å². The van der Waals surface area contributed by atoms with Gasteiger partial charge in [-0.15, -0.1) is 32.8 Å². The fourth-order valence-corrected chi connectivity index (χ4v) is 18.6. The molecule has 7 aromatic rings. The average molecular weight is 729 g/mol. The smallest absolute Gasteiger partial charge is 0.115 e. The van der Waals surface area contributed by atoms with Gasteiger partial charge in [-0.2, -0.15) is 10.0 Å². The molecular formula is C42H34B12N2S. The van der Waals surface area contributed by atoms with Gasteiger partial charge in [0.1, 0.15) is 94.2 Å². The Labute approximate surface area is 355 Å². The Hall–Kier alpha value is -3.17. The first-order chi connectivity index (χ1) is 26.2. The molecule has 2 heterocycles. The van der Waals surface area contributed by atoms with Crippen molar-refractivity contribution in [3.63, 3.8) is 0 Å². The van der Waals surface area contributed by atoms with Gasteiger partial charge in [-0.25, -0.2) is 0 Å². The standard InChI is InChI=1S/C42H34B12N2S/c1-40(2,3)57(41(4,5)6,42(7,8)9)19-12-10-11-17(15-19)55-21-14-13-18(16-20(21)22-25(43)28(46)31(49)34(52)37(22)55)56-38-23(26(44)29(47)32(50)35(38)53)24-27(45)30(48)33(51)36(54)39(24)56/h10-16H,1-9H3. The second-order valence-electron chi connectivity index (χ2n) is 18.0. The summed E-state index contributed by atoms with van der Waals surface area (Å²) in [5.74, 6) is 0. The second kappa shape index (κ2) is 13.4. The summed E-state index contributed by atoms with van der Waals surface area (Å²) < 4.78 is 3.73. The highest BCUT2D eigenvalue weighted by atomic mass is 32.3. The molecule has 0 saturated heterocycles. The lowest BCUT2D eigenvalue weighted by atomic mass is 9.63. The van der Waals surface area contributed by atoms with Gasteiger partial charge < -0.3 is 9.13 Å². The maximum absolute atomic E-state index is 6.94. The third-order valence-corrected chi connectivity index (χ3v) is 18.2. The number of hydrogen-bond donors (Lipinski definition) is 0. The zero-order valence-corrected chi connectivity index (χ0v) is 35.1. The van der Waals surface area contributed by atoms with Crippen molar-refractivity contribution in [2.75, 3.05) is 0 Å². The predicted molar refractivity (Wildman–Crippen MR) is 265 cm³/mol. The topological polar surface area (TPSA) is 9.86 Å². The molecule has 0 spiro atoms. The van der Waals surface area contributed by atoms with E-state index >= 15 is 0 Å². The molecule has 0 unspecified atom stereocenters. The lowest BCUT2D eigenvalue weighted by molar-refractivity contribution is 0.643. The molecular weight excluding hydrogens is 694 g/mol. The molecule has 0 fully saturated rings. The minimum atomic E-state index is -1.58. The summed E-state index contributed by atoms with van der Waals surface area (Å²) in [7, 11) is 78.1. The van der Waals surface area contributed by atoms with E-state index in [0.717, 1.165) is 16.6 Å². The third-order valence-electron chi connectivity index (χ3n) is 11.7. The third kappa shape index (κ3) is 5.55. The lowest BCUT2D eigenvalue weighted by Gasteiger charge is -2.66. The summed E-state index contributed by atoms with van der Waals surface area (Å²) >= 11 is 0. The fourth-order valence-electron chi connectivity index (χ4n) is 10.4. The van der Waals surface area contributed by atoms with Crippen LogP contribution in [0.25, 0.3) is 55.0 Å². The zero-order chi connectivity index (χ0) is 42.4. The molecule has 57 heavy (non-hydrogen) atoms. The molecule has 254 valence electrons. The van der Waals surface area contributed by atoms with Gasteiger partial charge in [0.2, 0.25) is 0 Å². The van der Waals surface area contributed by atoms with E-state index in [4.69, 9.17) is 94.2 Å². The Balaban J connectivity index is 1.67. The molecule has 2 nitrogen and oxygen atoms in total. The van der Waals surface area contributed by atoms with Gasteiger partial charge in [-0.3, -0.25) is 0 Å². The van der Waals surface area contributed by atoms with E-state index in [1.165, 1.54) is 4.90 Å². The van der Waals surface area contributed by atoms with Crippen molar-refractivity contribution in [3.05, 3.63) is 42.5 Å². The van der Waals surface area contributed by atoms with Gasteiger partial charge in [-0.1, -0.05) is 101 Å². The average Bonchev–Trinajstić information content (AvgIpc) is 3.65. The molecule has 24 radical (unpaired) electrons. The molecule has 7 rings (SSSR count). The monoisotopic (exact) mass is 730 g/mol. The summed E-state index contributed by atoms with van der Waals surface area (Å²) in [6.07, 6.45) is 0. The van der Waals surface area contributed by atoms with Crippen LogP contribution in [0.4, 0.5) is 0 Å². The van der Waals surface area contributed by atoms with Crippen molar-refractivity contribution in [3.8, 4) is 11.4 Å². The number of rotatable bonds is 3. The maximum atomic E-state index is 6.94. The van der Waals surface area contributed by atoms with Crippen LogP contribution in [0.15, 0.2) is 47.4 Å². The Morgan fingerprint density at radius 3 is 1.18 bits per heavy atom. The summed E-state index contributed by atoms with van der Waals surface area (Å²) in [5, 5.41) is 2.22. The highest BCUT2D eigenvalue weighted by Gasteiger charge is 2.54. The van der Waals surface area contributed by atoms with E-state index in [9.17, 15) is 0 Å². The first kappa shape index (κ1) is 42.0. The Morgan fingerprint density at radius 1 is 0.386 bits per heavy atom. The number of benzene rings is 5. The summed E-state index contributed by atoms with van der Waals surface area (Å²) in [6, 6.07) is 14.6. The molecule has 0 aliphatic heterocycles. The van der Waals surface area contributed by atoms with Crippen LogP contribution in [0.5, 0.6) is 0 Å². The number of hydrogen-bond acceptors (Lipinski definition) is 0. The maximum Gasteiger partial charge on any atom is 0.115 e. The van der Waals surface area contributed by atoms with Crippen LogP contribution in [0.2, 0.25) is 0 Å². The highest BCUT2D eigenvalue weighted by molar-refractivity contribution is 8.36. The van der Waals surface area contributed by atoms with Crippen molar-refractivity contribution in [2.45, 2.75) is 81.5 Å². The Bertz CT molecular complexity index is 2770. The minimum Gasteiger partial charge on any atom is -0.311 e. The van der Waals surface area contributed by atoms with Crippen LogP contribution in [-0.2, 0) is 0 Å². The van der Waals surface area contributed by atoms with Gasteiger partial charge in [-0.05, 0) is 71.7 Å². The Morgan fingerprint density at radius 2 is 0.754 bits per heavy atom. The van der Waals surface area contributed by atoms with E-state index in [1.54, 1.807) is 0 Å². The predicted octanol–water partition coefficient (Wildman–Crippen LogP) is -2.03. The molecule has 0 aliphatic carbocycles. The number of nitrogens with zero attached hydrogens (tertiary/aromatic N) is 2. The van der Waals surface area contributed by atoms with Crippen LogP contribution >= 0.6 is 10.0 Å². The van der Waals surface area contributed by atoms with Crippen LogP contribution in [0.3, 0.4) is 0 Å². The van der Waals surface area contributed by atoms with Crippen LogP contribution in [0.1, 0.15) is 62.3 Å². The fraction of sp³-hybridized carbons (Fsp3) is 0.286. The highest BCUT2D eigenvalue weighted by Crippen LogP contribution is 2.79. The Kier molecular flexibility index (Phi) is 9.88. The first-order valence-corrected chi connectivity index (χ1v) is 20.3. The van der Waals surface area contributed by atoms with E-state index < -0.39 is 10.0 Å². The first-order valence-electron chi connectivity index (χ1n) is 18.7. The van der Waals surface area contributed by atoms with Gasteiger partial charge in [0.25, 0.3) is 0 Å². The van der Waals surface area contributed by atoms with Crippen LogP contribution in [-0.4, -0.2) is 118 Å². The molecule has 5 aromatic carbocycles. The lowest BCUT2D eigenvalue weighted by Crippen LogP contribution is -2.49. The largest absolute Gasteiger partial charge is 0.311 e. The van der Waals surface area contributed by atoms with Gasteiger partial charge in [0, 0.05) is 33.3 Å². The molecule has 2 aromatic heterocycles. The van der Waals surface area contributed by atoms with Gasteiger partial charge in [0.15, 0.2) is 0 Å². The summed E-state index contributed by atoms with van der Waals surface area (Å²) in [4.78, 5) is 1.27. The molecule has 0 aliphatic rings. The molecule has 0 amide bonds. The van der Waals surface area contributed by atoms with Crippen molar-refractivity contribution in [1.29, 1.82) is 0 Å². The van der Waals surface area contributed by atoms with Crippen LogP contribution in [0, 0.1) is 0 Å². The normalized spacial score (nSPS) is 13.4. The van der Waals surface area contributed by atoms with E-state index in [-0.39, 0.29) is 74.3 Å². The quantitative estimate of drug-likeness (QED) is 0.186. The van der Waals surface area contributed by atoms with Gasteiger partial charge in [0.05, 0.1) is 5.52 Å². The summed E-state index contributed by atoms with van der Waals surface area (Å²) in [6.45, 7) is 21.2. The zero-order valence-electron chi connectivity index (χ0n) is 34.3. The molecule has 0 bridgehead atoms. The minimum absolute atomic E-state index is 0.0684. The molecule has 0 N–H and O–H groups in total. The SMILES string of the molecule is [B]c1c([B])c([B])c2c(c1[B])c1cc(-n3c4c([B])c([B])c([B])c([B])c4c4c([B])c([B])c([B])c([B])c43)ccc1n2-c1cccc(S(C(C)(C)C)(C(C)(C)C)C(C)(C)C)c1.